The van der Waals surface area contributed by atoms with Crippen molar-refractivity contribution < 1.29 is 23.4 Å². The average molecular weight is 301 g/mol. The molecule has 0 aromatic heterocycles. The molecule has 0 saturated carbocycles. The van der Waals surface area contributed by atoms with Gasteiger partial charge in [-0.2, -0.15) is 0 Å². The van der Waals surface area contributed by atoms with Crippen LogP contribution < -0.4 is 0 Å². The largest absolute Gasteiger partial charge is 0.478 e. The predicted octanol–water partition coefficient (Wildman–Crippen LogP) is 1.17. The van der Waals surface area contributed by atoms with Crippen molar-refractivity contribution in [3.63, 3.8) is 0 Å². The van der Waals surface area contributed by atoms with Crippen LogP contribution in [0.2, 0.25) is 0 Å². The molecule has 1 aromatic carbocycles. The standard InChI is InChI=1S/C13H19NO5S/c1-14(8-3-2-4-9-15)20(18,19)12-7-5-6-11(10-12)13(16)17/h5-7,10,15H,2-4,8-9H2,1H3,(H,16,17). The average Bonchev–Trinajstić information content (AvgIpc) is 2.43. The third-order valence-electron chi connectivity index (χ3n) is 2.92. The van der Waals surface area contributed by atoms with E-state index in [1.807, 2.05) is 0 Å². The van der Waals surface area contributed by atoms with Gasteiger partial charge in [0.05, 0.1) is 10.5 Å². The molecule has 1 rings (SSSR count). The van der Waals surface area contributed by atoms with Crippen LogP contribution in [0.1, 0.15) is 29.6 Å². The quantitative estimate of drug-likeness (QED) is 0.703. The highest BCUT2D eigenvalue weighted by Gasteiger charge is 2.21. The maximum Gasteiger partial charge on any atom is 0.335 e. The van der Waals surface area contributed by atoms with Crippen molar-refractivity contribution in [2.45, 2.75) is 24.2 Å². The molecule has 2 N–H and O–H groups in total. The number of aliphatic hydroxyl groups excluding tert-OH is 1. The minimum Gasteiger partial charge on any atom is -0.478 e. The van der Waals surface area contributed by atoms with Crippen LogP contribution >= 0.6 is 0 Å². The summed E-state index contributed by atoms with van der Waals surface area (Å²) >= 11 is 0. The summed E-state index contributed by atoms with van der Waals surface area (Å²) < 4.78 is 25.7. The fraction of sp³-hybridized carbons (Fsp3) is 0.462. The van der Waals surface area contributed by atoms with Crippen molar-refractivity contribution in [1.82, 2.24) is 4.31 Å². The molecule has 6 nitrogen and oxygen atoms in total. The molecule has 0 aliphatic heterocycles. The molecular formula is C13H19NO5S. The summed E-state index contributed by atoms with van der Waals surface area (Å²) in [5.41, 5.74) is -0.0558. The SMILES string of the molecule is CN(CCCCCO)S(=O)(=O)c1cccc(C(=O)O)c1. The van der Waals surface area contributed by atoms with Crippen molar-refractivity contribution >= 4 is 16.0 Å². The first kappa shape index (κ1) is 16.6. The molecule has 0 aliphatic rings. The highest BCUT2D eigenvalue weighted by atomic mass is 32.2. The van der Waals surface area contributed by atoms with Gasteiger partial charge in [-0.15, -0.1) is 0 Å². The first-order chi connectivity index (χ1) is 9.39. The number of aromatic carboxylic acids is 1. The van der Waals surface area contributed by atoms with E-state index in [1.54, 1.807) is 0 Å². The summed E-state index contributed by atoms with van der Waals surface area (Å²) in [5, 5.41) is 17.5. The Morgan fingerprint density at radius 3 is 2.55 bits per heavy atom. The Morgan fingerprint density at radius 2 is 1.95 bits per heavy atom. The molecule has 112 valence electrons. The molecule has 0 radical (unpaired) electrons. The number of sulfonamides is 1. The van der Waals surface area contributed by atoms with Crippen molar-refractivity contribution in [1.29, 1.82) is 0 Å². The number of aliphatic hydroxyl groups is 1. The molecule has 0 aliphatic carbocycles. The highest BCUT2D eigenvalue weighted by Crippen LogP contribution is 2.16. The van der Waals surface area contributed by atoms with E-state index in [9.17, 15) is 13.2 Å². The van der Waals surface area contributed by atoms with E-state index in [-0.39, 0.29) is 17.1 Å². The predicted molar refractivity (Wildman–Crippen MR) is 74.2 cm³/mol. The molecule has 0 fully saturated rings. The number of carboxylic acid groups (broad SMARTS) is 1. The van der Waals surface area contributed by atoms with Gasteiger partial charge in [0.15, 0.2) is 0 Å². The van der Waals surface area contributed by atoms with E-state index >= 15 is 0 Å². The number of hydrogen-bond donors (Lipinski definition) is 2. The molecule has 0 amide bonds. The number of rotatable bonds is 8. The molecule has 7 heteroatoms. The second kappa shape index (κ2) is 7.37. The third kappa shape index (κ3) is 4.29. The fourth-order valence-electron chi connectivity index (χ4n) is 1.71. The molecular weight excluding hydrogens is 282 g/mol. The van der Waals surface area contributed by atoms with Gasteiger partial charge >= 0.3 is 5.97 Å². The molecule has 0 heterocycles. The third-order valence-corrected chi connectivity index (χ3v) is 4.77. The molecule has 20 heavy (non-hydrogen) atoms. The van der Waals surface area contributed by atoms with Crippen LogP contribution in [0.4, 0.5) is 0 Å². The van der Waals surface area contributed by atoms with E-state index in [0.717, 1.165) is 12.5 Å². The summed E-state index contributed by atoms with van der Waals surface area (Å²) in [7, 11) is -2.21. The number of hydrogen-bond acceptors (Lipinski definition) is 4. The van der Waals surface area contributed by atoms with E-state index in [2.05, 4.69) is 0 Å². The van der Waals surface area contributed by atoms with E-state index < -0.39 is 16.0 Å². The van der Waals surface area contributed by atoms with E-state index in [0.29, 0.717) is 19.4 Å². The van der Waals surface area contributed by atoms with Crippen molar-refractivity contribution in [2.24, 2.45) is 0 Å². The lowest BCUT2D eigenvalue weighted by Crippen LogP contribution is -2.28. The zero-order chi connectivity index (χ0) is 15.2. The normalized spacial score (nSPS) is 11.8. The molecule has 0 bridgehead atoms. The van der Waals surface area contributed by atoms with Gasteiger partial charge in [0.2, 0.25) is 10.0 Å². The van der Waals surface area contributed by atoms with Crippen LogP contribution in [0.15, 0.2) is 29.2 Å². The number of benzene rings is 1. The molecule has 0 saturated heterocycles. The van der Waals surface area contributed by atoms with Gasteiger partial charge in [-0.05, 0) is 37.5 Å². The lowest BCUT2D eigenvalue weighted by Gasteiger charge is -2.17. The first-order valence-corrected chi connectivity index (χ1v) is 7.74. The zero-order valence-electron chi connectivity index (χ0n) is 11.3. The molecule has 0 atom stereocenters. The van der Waals surface area contributed by atoms with Gasteiger partial charge < -0.3 is 10.2 Å². The lowest BCUT2D eigenvalue weighted by molar-refractivity contribution is 0.0696. The Labute approximate surface area is 118 Å². The lowest BCUT2D eigenvalue weighted by atomic mass is 10.2. The van der Waals surface area contributed by atoms with Gasteiger partial charge in [-0.3, -0.25) is 0 Å². The maximum absolute atomic E-state index is 12.3. The number of carbonyl (C=O) groups is 1. The van der Waals surface area contributed by atoms with Crippen molar-refractivity contribution in [3.8, 4) is 0 Å². The van der Waals surface area contributed by atoms with Gasteiger partial charge in [-0.1, -0.05) is 6.07 Å². The minimum atomic E-state index is -3.67. The highest BCUT2D eigenvalue weighted by molar-refractivity contribution is 7.89. The van der Waals surface area contributed by atoms with Gasteiger partial charge in [-0.25, -0.2) is 17.5 Å². The Hall–Kier alpha value is -1.44. The van der Waals surface area contributed by atoms with E-state index in [4.69, 9.17) is 10.2 Å². The summed E-state index contributed by atoms with van der Waals surface area (Å²) in [5.74, 6) is -1.16. The van der Waals surface area contributed by atoms with Gasteiger partial charge in [0.25, 0.3) is 0 Å². The first-order valence-electron chi connectivity index (χ1n) is 6.30. The number of carboxylic acids is 1. The second-order valence-electron chi connectivity index (χ2n) is 4.44. The van der Waals surface area contributed by atoms with Crippen LogP contribution in [0.5, 0.6) is 0 Å². The van der Waals surface area contributed by atoms with Crippen LogP contribution in [-0.2, 0) is 10.0 Å². The minimum absolute atomic E-state index is 0.0259. The van der Waals surface area contributed by atoms with Crippen molar-refractivity contribution in [2.75, 3.05) is 20.2 Å². The van der Waals surface area contributed by atoms with E-state index in [1.165, 1.54) is 29.6 Å². The number of unbranched alkanes of at least 4 members (excludes halogenated alkanes) is 2. The summed E-state index contributed by atoms with van der Waals surface area (Å²) in [6, 6.07) is 5.30. The van der Waals surface area contributed by atoms with Crippen LogP contribution in [0, 0.1) is 0 Å². The zero-order valence-corrected chi connectivity index (χ0v) is 12.1. The summed E-state index contributed by atoms with van der Waals surface area (Å²) in [6.07, 6.45) is 2.03. The Kier molecular flexibility index (Phi) is 6.12. The van der Waals surface area contributed by atoms with Crippen molar-refractivity contribution in [3.05, 3.63) is 29.8 Å². The summed E-state index contributed by atoms with van der Waals surface area (Å²) in [4.78, 5) is 10.8. The Balaban J connectivity index is 2.82. The monoisotopic (exact) mass is 301 g/mol. The Morgan fingerprint density at radius 1 is 1.25 bits per heavy atom. The molecule has 1 aromatic rings. The second-order valence-corrected chi connectivity index (χ2v) is 6.49. The van der Waals surface area contributed by atoms with Gasteiger partial charge in [0.1, 0.15) is 0 Å². The fourth-order valence-corrected chi connectivity index (χ4v) is 2.97. The number of nitrogens with zero attached hydrogens (tertiary/aromatic N) is 1. The summed E-state index contributed by atoms with van der Waals surface area (Å²) in [6.45, 7) is 0.427. The van der Waals surface area contributed by atoms with Crippen LogP contribution in [0.25, 0.3) is 0 Å². The Bertz CT molecular complexity index is 556. The molecule has 0 unspecified atom stereocenters. The maximum atomic E-state index is 12.3. The van der Waals surface area contributed by atoms with Crippen LogP contribution in [0.3, 0.4) is 0 Å². The topological polar surface area (TPSA) is 94.9 Å². The smallest absolute Gasteiger partial charge is 0.335 e. The van der Waals surface area contributed by atoms with Crippen LogP contribution in [-0.4, -0.2) is 49.1 Å². The van der Waals surface area contributed by atoms with Gasteiger partial charge in [0, 0.05) is 20.2 Å². The molecule has 0 spiro atoms.